The summed E-state index contributed by atoms with van der Waals surface area (Å²) in [7, 11) is 0. The highest BCUT2D eigenvalue weighted by molar-refractivity contribution is 5.16. The molecule has 2 N–H and O–H groups in total. The van der Waals surface area contributed by atoms with E-state index in [1.165, 1.54) is 32.1 Å². The number of piperazine rings is 1. The predicted molar refractivity (Wildman–Crippen MR) is 76.7 cm³/mol. The minimum absolute atomic E-state index is 0.115. The number of rotatable bonds is 7. The van der Waals surface area contributed by atoms with Crippen molar-refractivity contribution < 1.29 is 4.39 Å². The molecule has 0 aromatic heterocycles. The van der Waals surface area contributed by atoms with Crippen LogP contribution in [0, 0.1) is 5.82 Å². The minimum atomic E-state index is -0.115. The first-order valence-electron chi connectivity index (χ1n) is 7.23. The van der Waals surface area contributed by atoms with Crippen molar-refractivity contribution in [2.24, 2.45) is 0 Å². The fraction of sp³-hybridized carbons (Fsp3) is 0.600. The molecule has 1 aliphatic heterocycles. The molecule has 106 valence electrons. The Balaban J connectivity index is 1.51. The van der Waals surface area contributed by atoms with Crippen molar-refractivity contribution in [1.82, 2.24) is 15.5 Å². The van der Waals surface area contributed by atoms with Gasteiger partial charge in [-0.3, -0.25) is 0 Å². The third kappa shape index (κ3) is 5.27. The van der Waals surface area contributed by atoms with Crippen LogP contribution in [-0.2, 0) is 6.54 Å². The molecule has 0 amide bonds. The first kappa shape index (κ1) is 14.4. The highest BCUT2D eigenvalue weighted by Gasteiger charge is 2.07. The van der Waals surface area contributed by atoms with Crippen LogP contribution in [0.3, 0.4) is 0 Å². The zero-order chi connectivity index (χ0) is 13.3. The van der Waals surface area contributed by atoms with Crippen LogP contribution in [0.5, 0.6) is 0 Å². The van der Waals surface area contributed by atoms with Crippen LogP contribution in [0.2, 0.25) is 0 Å². The molecule has 1 aromatic rings. The van der Waals surface area contributed by atoms with Gasteiger partial charge in [0.1, 0.15) is 5.82 Å². The Morgan fingerprint density at radius 2 is 1.95 bits per heavy atom. The number of benzene rings is 1. The van der Waals surface area contributed by atoms with Crippen LogP contribution >= 0.6 is 0 Å². The summed E-state index contributed by atoms with van der Waals surface area (Å²) in [5.74, 6) is -0.115. The lowest BCUT2D eigenvalue weighted by molar-refractivity contribution is 0.236. The third-order valence-corrected chi connectivity index (χ3v) is 3.56. The SMILES string of the molecule is Fc1ccccc1CNCCCCN1CCNCC1. The lowest BCUT2D eigenvalue weighted by Gasteiger charge is -2.27. The van der Waals surface area contributed by atoms with E-state index >= 15 is 0 Å². The van der Waals surface area contributed by atoms with E-state index in [-0.39, 0.29) is 5.82 Å². The summed E-state index contributed by atoms with van der Waals surface area (Å²) in [5, 5.41) is 6.67. The summed E-state index contributed by atoms with van der Waals surface area (Å²) in [6.45, 7) is 7.34. The molecule has 0 aliphatic carbocycles. The Hall–Kier alpha value is -0.970. The van der Waals surface area contributed by atoms with Crippen LogP contribution in [0.1, 0.15) is 18.4 Å². The van der Waals surface area contributed by atoms with Gasteiger partial charge < -0.3 is 15.5 Å². The molecular formula is C15H24FN3. The van der Waals surface area contributed by atoms with Gasteiger partial charge in [0, 0.05) is 38.3 Å². The number of hydrogen-bond acceptors (Lipinski definition) is 3. The van der Waals surface area contributed by atoms with Crippen molar-refractivity contribution in [3.05, 3.63) is 35.6 Å². The summed E-state index contributed by atoms with van der Waals surface area (Å²) in [5.41, 5.74) is 0.754. The van der Waals surface area contributed by atoms with Gasteiger partial charge in [-0.25, -0.2) is 4.39 Å². The molecule has 1 fully saturated rings. The highest BCUT2D eigenvalue weighted by atomic mass is 19.1. The van der Waals surface area contributed by atoms with Crippen molar-refractivity contribution in [2.45, 2.75) is 19.4 Å². The van der Waals surface area contributed by atoms with Crippen LogP contribution in [0.15, 0.2) is 24.3 Å². The number of hydrogen-bond donors (Lipinski definition) is 2. The van der Waals surface area contributed by atoms with E-state index in [4.69, 9.17) is 0 Å². The number of unbranched alkanes of at least 4 members (excludes halogenated alkanes) is 1. The second kappa shape index (κ2) is 8.25. The van der Waals surface area contributed by atoms with Crippen molar-refractivity contribution in [3.8, 4) is 0 Å². The Morgan fingerprint density at radius 3 is 2.74 bits per heavy atom. The van der Waals surface area contributed by atoms with Crippen molar-refractivity contribution in [1.29, 1.82) is 0 Å². The summed E-state index contributed by atoms with van der Waals surface area (Å²) >= 11 is 0. The summed E-state index contributed by atoms with van der Waals surface area (Å²) in [6.07, 6.45) is 2.36. The fourth-order valence-electron chi connectivity index (χ4n) is 2.38. The first-order valence-corrected chi connectivity index (χ1v) is 7.23. The van der Waals surface area contributed by atoms with Crippen molar-refractivity contribution >= 4 is 0 Å². The smallest absolute Gasteiger partial charge is 0.127 e. The Labute approximate surface area is 115 Å². The summed E-state index contributed by atoms with van der Waals surface area (Å²) < 4.78 is 13.4. The molecule has 4 heteroatoms. The molecule has 0 spiro atoms. The maximum Gasteiger partial charge on any atom is 0.127 e. The van der Waals surface area contributed by atoms with E-state index in [1.54, 1.807) is 6.07 Å². The number of halogens is 1. The van der Waals surface area contributed by atoms with E-state index < -0.39 is 0 Å². The van der Waals surface area contributed by atoms with E-state index in [2.05, 4.69) is 15.5 Å². The average molecular weight is 265 g/mol. The van der Waals surface area contributed by atoms with Crippen LogP contribution in [0.4, 0.5) is 4.39 Å². The molecule has 0 unspecified atom stereocenters. The maximum atomic E-state index is 13.4. The van der Waals surface area contributed by atoms with Gasteiger partial charge in [-0.1, -0.05) is 18.2 Å². The molecule has 1 saturated heterocycles. The minimum Gasteiger partial charge on any atom is -0.314 e. The molecule has 0 atom stereocenters. The Bertz CT molecular complexity index is 364. The lowest BCUT2D eigenvalue weighted by atomic mass is 10.2. The molecule has 1 heterocycles. The van der Waals surface area contributed by atoms with Crippen LogP contribution < -0.4 is 10.6 Å². The summed E-state index contributed by atoms with van der Waals surface area (Å²) in [4.78, 5) is 2.51. The normalized spacial score (nSPS) is 16.7. The van der Waals surface area contributed by atoms with Gasteiger partial charge in [-0.2, -0.15) is 0 Å². The van der Waals surface area contributed by atoms with Gasteiger partial charge >= 0.3 is 0 Å². The standard InChI is InChI=1S/C15H24FN3/c16-15-6-2-1-5-14(15)13-18-7-3-4-10-19-11-8-17-9-12-19/h1-2,5-6,17-18H,3-4,7-13H2. The van der Waals surface area contributed by atoms with Crippen molar-refractivity contribution in [2.75, 3.05) is 39.3 Å². The van der Waals surface area contributed by atoms with Gasteiger partial charge in [-0.05, 0) is 32.0 Å². The zero-order valence-corrected chi connectivity index (χ0v) is 11.5. The van der Waals surface area contributed by atoms with Gasteiger partial charge in [0.05, 0.1) is 0 Å². The van der Waals surface area contributed by atoms with Crippen LogP contribution in [0.25, 0.3) is 0 Å². The predicted octanol–water partition coefficient (Wildman–Crippen LogP) is 1.60. The molecule has 0 radical (unpaired) electrons. The summed E-state index contributed by atoms with van der Waals surface area (Å²) in [6, 6.07) is 6.96. The molecule has 2 rings (SSSR count). The molecule has 1 aliphatic rings. The van der Waals surface area contributed by atoms with Gasteiger partial charge in [0.25, 0.3) is 0 Å². The van der Waals surface area contributed by atoms with Gasteiger partial charge in [0.2, 0.25) is 0 Å². The van der Waals surface area contributed by atoms with E-state index in [1.807, 2.05) is 12.1 Å². The first-order chi connectivity index (χ1) is 9.36. The van der Waals surface area contributed by atoms with E-state index in [0.29, 0.717) is 6.54 Å². The number of nitrogens with one attached hydrogen (secondary N) is 2. The van der Waals surface area contributed by atoms with Gasteiger partial charge in [0.15, 0.2) is 0 Å². The van der Waals surface area contributed by atoms with E-state index in [0.717, 1.165) is 31.6 Å². The molecule has 0 saturated carbocycles. The second-order valence-corrected chi connectivity index (χ2v) is 5.07. The third-order valence-electron chi connectivity index (χ3n) is 3.56. The largest absolute Gasteiger partial charge is 0.314 e. The highest BCUT2D eigenvalue weighted by Crippen LogP contribution is 2.05. The van der Waals surface area contributed by atoms with Gasteiger partial charge in [-0.15, -0.1) is 0 Å². The maximum absolute atomic E-state index is 13.4. The lowest BCUT2D eigenvalue weighted by Crippen LogP contribution is -2.43. The molecule has 1 aromatic carbocycles. The monoisotopic (exact) mass is 265 g/mol. The molecule has 0 bridgehead atoms. The Kier molecular flexibility index (Phi) is 6.27. The zero-order valence-electron chi connectivity index (χ0n) is 11.5. The number of nitrogens with zero attached hydrogens (tertiary/aromatic N) is 1. The Morgan fingerprint density at radius 1 is 1.16 bits per heavy atom. The average Bonchev–Trinajstić information content (AvgIpc) is 2.45. The molecule has 19 heavy (non-hydrogen) atoms. The second-order valence-electron chi connectivity index (χ2n) is 5.07. The molecular weight excluding hydrogens is 241 g/mol. The fourth-order valence-corrected chi connectivity index (χ4v) is 2.38. The topological polar surface area (TPSA) is 27.3 Å². The quantitative estimate of drug-likeness (QED) is 0.733. The van der Waals surface area contributed by atoms with Crippen molar-refractivity contribution in [3.63, 3.8) is 0 Å². The van der Waals surface area contributed by atoms with Crippen LogP contribution in [-0.4, -0.2) is 44.2 Å². The van der Waals surface area contributed by atoms with E-state index in [9.17, 15) is 4.39 Å². The molecule has 3 nitrogen and oxygen atoms in total.